The van der Waals surface area contributed by atoms with Crippen LogP contribution >= 0.6 is 0 Å². The van der Waals surface area contributed by atoms with Gasteiger partial charge in [0.1, 0.15) is 13.2 Å². The number of carbonyl (C=O) groups excluding carboxylic acids is 3. The van der Waals surface area contributed by atoms with Crippen molar-refractivity contribution in [1.29, 1.82) is 0 Å². The van der Waals surface area contributed by atoms with Crippen molar-refractivity contribution in [3.8, 4) is 0 Å². The van der Waals surface area contributed by atoms with E-state index in [0.29, 0.717) is 19.3 Å². The molecule has 480 valence electrons. The lowest BCUT2D eigenvalue weighted by Crippen LogP contribution is -2.30. The molecule has 0 aromatic heterocycles. The van der Waals surface area contributed by atoms with E-state index in [1.165, 1.54) is 218 Å². The molecule has 83 heavy (non-hydrogen) atoms. The number of rotatable bonds is 66. The maximum Gasteiger partial charge on any atom is 0.306 e. The van der Waals surface area contributed by atoms with Gasteiger partial charge in [-0.1, -0.05) is 337 Å². The molecule has 0 aliphatic carbocycles. The molecule has 0 saturated heterocycles. The first-order valence-corrected chi connectivity index (χ1v) is 36.1. The summed E-state index contributed by atoms with van der Waals surface area (Å²) in [6.07, 6.45) is 94.9. The lowest BCUT2D eigenvalue weighted by molar-refractivity contribution is -0.167. The maximum absolute atomic E-state index is 12.9. The van der Waals surface area contributed by atoms with Crippen LogP contribution in [0.15, 0.2) is 85.1 Å². The summed E-state index contributed by atoms with van der Waals surface area (Å²) in [5, 5.41) is 0. The Morgan fingerprint density at radius 2 is 0.470 bits per heavy atom. The first-order chi connectivity index (χ1) is 41.0. The Morgan fingerprint density at radius 3 is 0.747 bits per heavy atom. The molecule has 0 spiro atoms. The van der Waals surface area contributed by atoms with Crippen LogP contribution in [0.3, 0.4) is 0 Å². The molecular formula is C77H136O6. The average Bonchev–Trinajstić information content (AvgIpc) is 3.49. The highest BCUT2D eigenvalue weighted by Crippen LogP contribution is 2.18. The molecule has 0 aliphatic heterocycles. The monoisotopic (exact) mass is 1160 g/mol. The fourth-order valence-electron chi connectivity index (χ4n) is 10.5. The molecule has 0 rings (SSSR count). The minimum atomic E-state index is -0.783. The molecule has 0 heterocycles. The zero-order valence-electron chi connectivity index (χ0n) is 55.2. The third kappa shape index (κ3) is 69.3. The summed E-state index contributed by atoms with van der Waals surface area (Å²) in [6, 6.07) is 0. The zero-order valence-corrected chi connectivity index (χ0v) is 55.2. The van der Waals surface area contributed by atoms with Crippen molar-refractivity contribution in [3.05, 3.63) is 85.1 Å². The standard InChI is InChI=1S/C77H136O6/c1-4-7-10-13-16-19-21-23-25-27-29-31-33-35-36-37-38-39-40-42-43-45-47-49-51-53-55-58-61-64-67-70-76(79)82-73-74(72-81-75(78)69-66-63-60-57-18-15-12-9-6-3)83-77(80)71-68-65-62-59-56-54-52-50-48-46-44-41-34-32-30-28-26-24-22-20-17-14-11-8-5-2/h8,11,17,20,24,26-27,29-30,32,41,44,48,50,74H,4-7,9-10,12-16,18-19,21-23,25,28,31,33-40,42-43,45-47,49,51-73H2,1-3H3/b11-8-,20-17-,26-24-,29-27-,32-30-,44-41-,50-48-. The van der Waals surface area contributed by atoms with Crippen molar-refractivity contribution < 1.29 is 28.6 Å². The van der Waals surface area contributed by atoms with Crippen LogP contribution < -0.4 is 0 Å². The molecule has 6 nitrogen and oxygen atoms in total. The summed E-state index contributed by atoms with van der Waals surface area (Å²) in [7, 11) is 0. The predicted octanol–water partition coefficient (Wildman–Crippen LogP) is 25.0. The maximum atomic E-state index is 12.9. The van der Waals surface area contributed by atoms with Gasteiger partial charge in [0, 0.05) is 19.3 Å². The number of unbranched alkanes of at least 4 members (excludes halogenated alkanes) is 41. The fourth-order valence-corrected chi connectivity index (χ4v) is 10.5. The number of carbonyl (C=O) groups is 3. The summed E-state index contributed by atoms with van der Waals surface area (Å²) < 4.78 is 16.9. The summed E-state index contributed by atoms with van der Waals surface area (Å²) in [6.45, 7) is 6.54. The Hall–Kier alpha value is -3.41. The van der Waals surface area contributed by atoms with Crippen LogP contribution in [0.1, 0.15) is 367 Å². The highest BCUT2D eigenvalue weighted by Gasteiger charge is 2.19. The topological polar surface area (TPSA) is 78.9 Å². The predicted molar refractivity (Wildman–Crippen MR) is 362 cm³/mol. The molecule has 0 aliphatic rings. The first-order valence-electron chi connectivity index (χ1n) is 36.1. The van der Waals surface area contributed by atoms with Gasteiger partial charge in [0.2, 0.25) is 0 Å². The third-order valence-corrected chi connectivity index (χ3v) is 15.9. The van der Waals surface area contributed by atoms with Crippen molar-refractivity contribution in [2.24, 2.45) is 0 Å². The Labute approximate surface area is 515 Å². The van der Waals surface area contributed by atoms with Crippen LogP contribution in [-0.4, -0.2) is 37.2 Å². The summed E-state index contributed by atoms with van der Waals surface area (Å²) in [4.78, 5) is 38.3. The SMILES string of the molecule is CC/C=C\C/C=C\C/C=C\C/C=C\C/C=C\C/C=C\CCCCCCCCC(=O)OC(COC(=O)CCCCCCCCCCC)COC(=O)CCCCCCCCCCCCCCCCCCCCC/C=C\CCCCCCCCCC. The average molecular weight is 1160 g/mol. The second-order valence-corrected chi connectivity index (χ2v) is 24.1. The second kappa shape index (κ2) is 71.1. The van der Waals surface area contributed by atoms with Crippen LogP contribution in [-0.2, 0) is 28.6 Å². The van der Waals surface area contributed by atoms with Gasteiger partial charge in [-0.2, -0.15) is 0 Å². The molecule has 0 saturated carbocycles. The molecule has 0 radical (unpaired) electrons. The number of ether oxygens (including phenoxy) is 3. The van der Waals surface area contributed by atoms with Gasteiger partial charge in [-0.3, -0.25) is 14.4 Å². The minimum absolute atomic E-state index is 0.0787. The van der Waals surface area contributed by atoms with E-state index in [2.05, 4.69) is 106 Å². The molecular weight excluding hydrogens is 1020 g/mol. The Morgan fingerprint density at radius 1 is 0.253 bits per heavy atom. The largest absolute Gasteiger partial charge is 0.462 e. The molecule has 0 bridgehead atoms. The molecule has 0 aromatic carbocycles. The Bertz CT molecular complexity index is 1570. The third-order valence-electron chi connectivity index (χ3n) is 15.9. The smallest absolute Gasteiger partial charge is 0.306 e. The molecule has 1 atom stereocenters. The van der Waals surface area contributed by atoms with E-state index in [4.69, 9.17) is 14.2 Å². The highest BCUT2D eigenvalue weighted by molar-refractivity contribution is 5.71. The number of allylic oxidation sites excluding steroid dienone is 14. The molecule has 0 fully saturated rings. The number of hydrogen-bond acceptors (Lipinski definition) is 6. The van der Waals surface area contributed by atoms with Gasteiger partial charge in [0.25, 0.3) is 0 Å². The van der Waals surface area contributed by atoms with Crippen LogP contribution in [0.4, 0.5) is 0 Å². The number of esters is 3. The van der Waals surface area contributed by atoms with Crippen molar-refractivity contribution in [2.75, 3.05) is 13.2 Å². The quantitative estimate of drug-likeness (QED) is 0.0261. The van der Waals surface area contributed by atoms with Crippen molar-refractivity contribution in [3.63, 3.8) is 0 Å². The van der Waals surface area contributed by atoms with E-state index in [0.717, 1.165) is 109 Å². The zero-order chi connectivity index (χ0) is 59.9. The van der Waals surface area contributed by atoms with Crippen molar-refractivity contribution >= 4 is 17.9 Å². The first kappa shape index (κ1) is 79.6. The molecule has 6 heteroatoms. The second-order valence-electron chi connectivity index (χ2n) is 24.1. The summed E-state index contributed by atoms with van der Waals surface area (Å²) in [5.41, 5.74) is 0. The van der Waals surface area contributed by atoms with Gasteiger partial charge in [0.05, 0.1) is 0 Å². The van der Waals surface area contributed by atoms with E-state index >= 15 is 0 Å². The Kier molecular flexibility index (Phi) is 68.2. The highest BCUT2D eigenvalue weighted by atomic mass is 16.6. The lowest BCUT2D eigenvalue weighted by Gasteiger charge is -2.18. The van der Waals surface area contributed by atoms with Gasteiger partial charge >= 0.3 is 17.9 Å². The van der Waals surface area contributed by atoms with E-state index in [1.807, 2.05) is 0 Å². The van der Waals surface area contributed by atoms with E-state index < -0.39 is 6.10 Å². The fraction of sp³-hybridized carbons (Fsp3) is 0.779. The van der Waals surface area contributed by atoms with Gasteiger partial charge in [-0.15, -0.1) is 0 Å². The molecule has 0 aromatic rings. The van der Waals surface area contributed by atoms with Gasteiger partial charge < -0.3 is 14.2 Å². The van der Waals surface area contributed by atoms with Crippen LogP contribution in [0.2, 0.25) is 0 Å². The minimum Gasteiger partial charge on any atom is -0.462 e. The van der Waals surface area contributed by atoms with Crippen molar-refractivity contribution in [2.45, 2.75) is 374 Å². The van der Waals surface area contributed by atoms with E-state index in [-0.39, 0.29) is 31.1 Å². The molecule has 0 N–H and O–H groups in total. The lowest BCUT2D eigenvalue weighted by atomic mass is 10.0. The van der Waals surface area contributed by atoms with Crippen molar-refractivity contribution in [1.82, 2.24) is 0 Å². The van der Waals surface area contributed by atoms with E-state index in [9.17, 15) is 14.4 Å². The normalized spacial score (nSPS) is 12.6. The van der Waals surface area contributed by atoms with Crippen LogP contribution in [0, 0.1) is 0 Å². The molecule has 0 amide bonds. The molecule has 1 unspecified atom stereocenters. The summed E-state index contributed by atoms with van der Waals surface area (Å²) in [5.74, 6) is -0.879. The summed E-state index contributed by atoms with van der Waals surface area (Å²) >= 11 is 0. The number of hydrogen-bond donors (Lipinski definition) is 0. The van der Waals surface area contributed by atoms with Gasteiger partial charge in [-0.25, -0.2) is 0 Å². The van der Waals surface area contributed by atoms with E-state index in [1.54, 1.807) is 0 Å². The van der Waals surface area contributed by atoms with Crippen LogP contribution in [0.25, 0.3) is 0 Å². The van der Waals surface area contributed by atoms with Crippen LogP contribution in [0.5, 0.6) is 0 Å². The Balaban J connectivity index is 4.14. The van der Waals surface area contributed by atoms with Gasteiger partial charge in [-0.05, 0) is 96.3 Å². The van der Waals surface area contributed by atoms with Gasteiger partial charge in [0.15, 0.2) is 6.10 Å².